The number of piperidine rings is 1. The first-order valence-corrected chi connectivity index (χ1v) is 13.1. The van der Waals surface area contributed by atoms with Gasteiger partial charge in [0.05, 0.1) is 18.4 Å². The zero-order chi connectivity index (χ0) is 25.6. The van der Waals surface area contributed by atoms with Gasteiger partial charge in [-0.15, -0.1) is 10.2 Å². The smallest absolute Gasteiger partial charge is 0.304 e. The number of carbonyl (C=O) groups excluding carboxylic acids is 1. The molecule has 0 bridgehead atoms. The van der Waals surface area contributed by atoms with Crippen molar-refractivity contribution in [2.24, 2.45) is 15.4 Å². The summed E-state index contributed by atoms with van der Waals surface area (Å²) in [7, 11) is 0. The predicted octanol–water partition coefficient (Wildman–Crippen LogP) is 5.49. The molecule has 0 spiro atoms. The van der Waals surface area contributed by atoms with Crippen LogP contribution in [-0.2, 0) is 21.0 Å². The largest absolute Gasteiger partial charge is 0.493 e. The highest BCUT2D eigenvalue weighted by molar-refractivity contribution is 8.03. The molecule has 1 aromatic carbocycles. The van der Waals surface area contributed by atoms with Crippen LogP contribution in [0.15, 0.2) is 75.8 Å². The summed E-state index contributed by atoms with van der Waals surface area (Å²) in [6.45, 7) is 2.76. The molecule has 4 heterocycles. The molecule has 2 atom stereocenters. The van der Waals surface area contributed by atoms with Crippen LogP contribution in [0.1, 0.15) is 37.8 Å². The number of para-hydroxylation sites is 1. The number of oxime groups is 1. The molecule has 1 N–H and O–H groups in total. The molecule has 10 nitrogen and oxygen atoms in total. The number of likely N-dealkylation sites (tertiary alicyclic amines) is 1. The predicted molar refractivity (Wildman–Crippen MR) is 141 cm³/mol. The maximum Gasteiger partial charge on any atom is 0.304 e. The molecule has 192 valence electrons. The number of hydrogen-bond donors (Lipinski definition) is 1. The van der Waals surface area contributed by atoms with Crippen LogP contribution < -0.4 is 0 Å². The summed E-state index contributed by atoms with van der Waals surface area (Å²) in [5, 5.41) is 25.5. The SMILES string of the molecule is C/C(=N\OCC(=O)N=Nc1c(O)n(CN2CCCC[C@@H]2c2cccnc2)c2ccccc12)[C@@H]1OC=CS1. The lowest BCUT2D eigenvalue weighted by atomic mass is 9.97. The number of hydrogen-bond acceptors (Lipinski definition) is 9. The average molecular weight is 521 g/mol. The van der Waals surface area contributed by atoms with Crippen molar-refractivity contribution in [1.29, 1.82) is 0 Å². The molecular formula is C26H28N6O4S. The van der Waals surface area contributed by atoms with Crippen molar-refractivity contribution in [1.82, 2.24) is 14.5 Å². The maximum atomic E-state index is 12.3. The zero-order valence-corrected chi connectivity index (χ0v) is 21.3. The Hall–Kier alpha value is -3.70. The van der Waals surface area contributed by atoms with Crippen LogP contribution in [0.2, 0.25) is 0 Å². The first kappa shape index (κ1) is 25.0. The van der Waals surface area contributed by atoms with E-state index >= 15 is 0 Å². The van der Waals surface area contributed by atoms with Crippen molar-refractivity contribution >= 4 is 40.0 Å². The van der Waals surface area contributed by atoms with Crippen molar-refractivity contribution < 1.29 is 19.5 Å². The molecule has 2 aliphatic rings. The first-order chi connectivity index (χ1) is 18.1. The van der Waals surface area contributed by atoms with Crippen LogP contribution >= 0.6 is 11.8 Å². The molecule has 2 aliphatic heterocycles. The quantitative estimate of drug-likeness (QED) is 0.237. The minimum Gasteiger partial charge on any atom is -0.493 e. The number of ether oxygens (including phenoxy) is 1. The number of carbonyl (C=O) groups is 1. The van der Waals surface area contributed by atoms with Crippen LogP contribution in [0.4, 0.5) is 5.69 Å². The summed E-state index contributed by atoms with van der Waals surface area (Å²) >= 11 is 1.46. The van der Waals surface area contributed by atoms with Gasteiger partial charge in [0.1, 0.15) is 5.71 Å². The van der Waals surface area contributed by atoms with Gasteiger partial charge in [-0.25, -0.2) is 0 Å². The lowest BCUT2D eigenvalue weighted by Crippen LogP contribution is -2.34. The minimum absolute atomic E-state index is 0.0362. The monoisotopic (exact) mass is 520 g/mol. The number of aromatic nitrogens is 2. The Morgan fingerprint density at radius 1 is 1.27 bits per heavy atom. The van der Waals surface area contributed by atoms with E-state index in [0.29, 0.717) is 17.8 Å². The molecule has 1 fully saturated rings. The summed E-state index contributed by atoms with van der Waals surface area (Å²) in [5.74, 6) is -0.649. The molecule has 1 saturated heterocycles. The summed E-state index contributed by atoms with van der Waals surface area (Å²) in [4.78, 5) is 24.0. The van der Waals surface area contributed by atoms with Gasteiger partial charge >= 0.3 is 5.91 Å². The Balaban J connectivity index is 1.32. The van der Waals surface area contributed by atoms with Crippen molar-refractivity contribution in [2.45, 2.75) is 44.3 Å². The van der Waals surface area contributed by atoms with E-state index in [0.717, 1.165) is 36.9 Å². The Morgan fingerprint density at radius 3 is 2.97 bits per heavy atom. The van der Waals surface area contributed by atoms with Crippen LogP contribution in [0.5, 0.6) is 5.88 Å². The van der Waals surface area contributed by atoms with Crippen molar-refractivity contribution in [2.75, 3.05) is 13.2 Å². The van der Waals surface area contributed by atoms with Crippen molar-refractivity contribution in [3.05, 3.63) is 66.0 Å². The molecule has 1 amide bonds. The van der Waals surface area contributed by atoms with Gasteiger partial charge in [0.2, 0.25) is 5.88 Å². The second kappa shape index (κ2) is 11.6. The summed E-state index contributed by atoms with van der Waals surface area (Å²) < 4.78 is 7.15. The fourth-order valence-electron chi connectivity index (χ4n) is 4.61. The van der Waals surface area contributed by atoms with Gasteiger partial charge in [-0.2, -0.15) is 0 Å². The van der Waals surface area contributed by atoms with E-state index in [4.69, 9.17) is 9.57 Å². The van der Waals surface area contributed by atoms with Crippen LogP contribution in [-0.4, -0.2) is 49.8 Å². The number of thioether (sulfide) groups is 1. The van der Waals surface area contributed by atoms with Crippen molar-refractivity contribution in [3.8, 4) is 5.88 Å². The molecule has 0 radical (unpaired) electrons. The number of amides is 1. The fourth-order valence-corrected chi connectivity index (χ4v) is 5.25. The third-order valence-corrected chi connectivity index (χ3v) is 7.35. The van der Waals surface area contributed by atoms with Gasteiger partial charge < -0.3 is 14.7 Å². The number of fused-ring (bicyclic) bond motifs is 1. The molecule has 0 unspecified atom stereocenters. The number of azo groups is 1. The minimum atomic E-state index is -0.612. The average Bonchev–Trinajstić information content (AvgIpc) is 3.56. The molecule has 3 aromatic rings. The van der Waals surface area contributed by atoms with E-state index in [9.17, 15) is 9.90 Å². The molecule has 2 aromatic heterocycles. The van der Waals surface area contributed by atoms with Gasteiger partial charge in [-0.05, 0) is 37.5 Å². The lowest BCUT2D eigenvalue weighted by molar-refractivity contribution is -0.122. The molecule has 11 heteroatoms. The van der Waals surface area contributed by atoms with Gasteiger partial charge in [0.25, 0.3) is 0 Å². The number of aromatic hydroxyl groups is 1. The normalized spacial score (nSPS) is 20.5. The highest BCUT2D eigenvalue weighted by Gasteiger charge is 2.27. The van der Waals surface area contributed by atoms with E-state index in [2.05, 4.69) is 31.3 Å². The molecule has 5 rings (SSSR count). The first-order valence-electron chi connectivity index (χ1n) is 12.1. The lowest BCUT2D eigenvalue weighted by Gasteiger charge is -2.36. The third-order valence-electron chi connectivity index (χ3n) is 6.38. The van der Waals surface area contributed by atoms with Crippen molar-refractivity contribution in [3.63, 3.8) is 0 Å². The number of pyridine rings is 1. The summed E-state index contributed by atoms with van der Waals surface area (Å²) in [6, 6.07) is 11.8. The molecule has 0 saturated carbocycles. The van der Waals surface area contributed by atoms with Gasteiger partial charge in [0, 0.05) is 35.8 Å². The topological polar surface area (TPSA) is 114 Å². The Morgan fingerprint density at radius 2 is 2.16 bits per heavy atom. The third kappa shape index (κ3) is 5.67. The standard InChI is InChI=1S/C26H28N6O4S/c1-18(26-35-13-14-37-26)30-36-16-23(33)28-29-24-20-8-2-3-10-22(20)32(25(24)34)17-31-12-5-4-9-21(31)19-7-6-11-27-15-19/h2-3,6-8,10-11,13-15,21,26,34H,4-5,9,12,16-17H2,1H3/b29-28?,30-18+/t21-,26-/m1/s1. The second-order valence-corrected chi connectivity index (χ2v) is 9.82. The molecule has 0 aliphatic carbocycles. The molecule has 37 heavy (non-hydrogen) atoms. The van der Waals surface area contributed by atoms with E-state index < -0.39 is 5.91 Å². The highest BCUT2D eigenvalue weighted by atomic mass is 32.2. The number of rotatable bonds is 8. The van der Waals surface area contributed by atoms with E-state index in [1.54, 1.807) is 19.4 Å². The fraction of sp³-hybridized carbons (Fsp3) is 0.346. The van der Waals surface area contributed by atoms with Gasteiger partial charge in [-0.3, -0.25) is 19.2 Å². The van der Waals surface area contributed by atoms with Gasteiger partial charge in [0.15, 0.2) is 17.7 Å². The van der Waals surface area contributed by atoms with Crippen LogP contribution in [0, 0.1) is 0 Å². The van der Waals surface area contributed by atoms with Crippen LogP contribution in [0.25, 0.3) is 10.9 Å². The molecular weight excluding hydrogens is 492 g/mol. The zero-order valence-electron chi connectivity index (χ0n) is 20.4. The Bertz CT molecular complexity index is 1330. The summed E-state index contributed by atoms with van der Waals surface area (Å²) in [6.07, 6.45) is 8.52. The maximum absolute atomic E-state index is 12.3. The highest BCUT2D eigenvalue weighted by Crippen LogP contribution is 2.40. The van der Waals surface area contributed by atoms with Crippen LogP contribution in [0.3, 0.4) is 0 Å². The Labute approximate surface area is 218 Å². The van der Waals surface area contributed by atoms with Gasteiger partial charge in [-0.1, -0.05) is 47.6 Å². The van der Waals surface area contributed by atoms with E-state index in [1.807, 2.05) is 46.5 Å². The second-order valence-electron chi connectivity index (χ2n) is 8.85. The van der Waals surface area contributed by atoms with E-state index in [1.165, 1.54) is 11.8 Å². The Kier molecular flexibility index (Phi) is 7.81. The van der Waals surface area contributed by atoms with E-state index in [-0.39, 0.29) is 29.7 Å². The number of benzene rings is 1. The number of nitrogens with zero attached hydrogens (tertiary/aromatic N) is 6. The summed E-state index contributed by atoms with van der Waals surface area (Å²) in [5.41, 5.74) is 2.58.